The average Bonchev–Trinajstić information content (AvgIpc) is 3.47. The lowest BCUT2D eigenvalue weighted by molar-refractivity contribution is -0.141. The number of rotatable bonds is 10. The summed E-state index contributed by atoms with van der Waals surface area (Å²) < 4.78 is 31.9. The summed E-state index contributed by atoms with van der Waals surface area (Å²) in [7, 11) is -2.47. The van der Waals surface area contributed by atoms with Gasteiger partial charge in [-0.3, -0.25) is 14.4 Å². The molecule has 0 spiro atoms. The lowest BCUT2D eigenvalue weighted by atomic mass is 10.1. The Kier molecular flexibility index (Phi) is 8.16. The number of methoxy groups -OCH3 is 1. The number of hydrogen-bond acceptors (Lipinski definition) is 6. The number of benzene rings is 2. The molecule has 0 bridgehead atoms. The zero-order valence-corrected chi connectivity index (χ0v) is 22.0. The van der Waals surface area contributed by atoms with Crippen LogP contribution in [0.1, 0.15) is 61.4 Å². The zero-order chi connectivity index (χ0) is 26.6. The first-order valence-corrected chi connectivity index (χ1v) is 14.1. The molecule has 0 aromatic heterocycles. The van der Waals surface area contributed by atoms with Gasteiger partial charge in [-0.1, -0.05) is 44.0 Å². The monoisotopic (exact) mass is 527 g/mol. The number of nitrogens with one attached hydrogen (secondary N) is 1. The number of ether oxygens (including phenoxy) is 1. The topological polar surface area (TPSA) is 113 Å². The highest BCUT2D eigenvalue weighted by Crippen LogP contribution is 2.30. The van der Waals surface area contributed by atoms with E-state index in [0.29, 0.717) is 12.2 Å². The number of fused-ring (bicyclic) bond motifs is 1. The highest BCUT2D eigenvalue weighted by molar-refractivity contribution is 7.90. The zero-order valence-electron chi connectivity index (χ0n) is 21.2. The molecule has 4 rings (SSSR count). The second-order valence-electron chi connectivity index (χ2n) is 9.42. The number of hydrogen-bond donors (Lipinski definition) is 1. The van der Waals surface area contributed by atoms with Gasteiger partial charge in [0.05, 0.1) is 12.7 Å². The van der Waals surface area contributed by atoms with Gasteiger partial charge >= 0.3 is 0 Å². The maximum absolute atomic E-state index is 13.6. The van der Waals surface area contributed by atoms with E-state index in [-0.39, 0.29) is 41.9 Å². The van der Waals surface area contributed by atoms with Crippen molar-refractivity contribution in [3.8, 4) is 5.75 Å². The molecule has 1 aliphatic carbocycles. The van der Waals surface area contributed by atoms with Crippen LogP contribution >= 0.6 is 0 Å². The van der Waals surface area contributed by atoms with E-state index in [1.54, 1.807) is 31.4 Å². The molecule has 2 aromatic rings. The third-order valence-corrected chi connectivity index (χ3v) is 8.86. The van der Waals surface area contributed by atoms with E-state index < -0.39 is 27.9 Å². The standard InChI is InChI=1S/C27H33N3O6S/c1-3-23(26(32)28-20-10-4-5-11-20)29(18-19-9-8-12-21(17-19)36-2)25(31)15-16-30-27(33)22-13-6-7-14-24(22)37(30,34)35/h6-9,12-14,17,20,23H,3-5,10-11,15-16,18H2,1-2H3,(H,28,32)/t23-/m1/s1. The molecule has 3 amide bonds. The summed E-state index contributed by atoms with van der Waals surface area (Å²) in [6, 6.07) is 12.6. The van der Waals surface area contributed by atoms with Crippen molar-refractivity contribution in [1.29, 1.82) is 0 Å². The minimum Gasteiger partial charge on any atom is -0.497 e. The van der Waals surface area contributed by atoms with Crippen LogP contribution in [0.2, 0.25) is 0 Å². The molecule has 198 valence electrons. The van der Waals surface area contributed by atoms with Crippen molar-refractivity contribution in [1.82, 2.24) is 14.5 Å². The Morgan fingerprint density at radius 3 is 2.54 bits per heavy atom. The van der Waals surface area contributed by atoms with Crippen molar-refractivity contribution in [3.05, 3.63) is 59.7 Å². The predicted molar refractivity (Wildman–Crippen MR) is 137 cm³/mol. The van der Waals surface area contributed by atoms with Gasteiger partial charge < -0.3 is 15.0 Å². The fraction of sp³-hybridized carbons (Fsp3) is 0.444. The highest BCUT2D eigenvalue weighted by atomic mass is 32.2. The van der Waals surface area contributed by atoms with Gasteiger partial charge in [0.1, 0.15) is 16.7 Å². The van der Waals surface area contributed by atoms with Crippen LogP contribution in [-0.4, -0.2) is 61.1 Å². The largest absolute Gasteiger partial charge is 0.497 e. The second-order valence-corrected chi connectivity index (χ2v) is 11.2. The van der Waals surface area contributed by atoms with E-state index in [9.17, 15) is 22.8 Å². The third kappa shape index (κ3) is 5.64. The van der Waals surface area contributed by atoms with Crippen LogP contribution in [0.15, 0.2) is 53.4 Å². The van der Waals surface area contributed by atoms with Gasteiger partial charge in [-0.25, -0.2) is 12.7 Å². The first-order chi connectivity index (χ1) is 17.8. The Morgan fingerprint density at radius 1 is 1.14 bits per heavy atom. The minimum absolute atomic E-state index is 0.0527. The number of carbonyl (C=O) groups excluding carboxylic acids is 3. The van der Waals surface area contributed by atoms with Gasteiger partial charge in [0.25, 0.3) is 15.9 Å². The molecule has 10 heteroatoms. The van der Waals surface area contributed by atoms with Crippen molar-refractivity contribution in [2.75, 3.05) is 13.7 Å². The second kappa shape index (κ2) is 11.3. The first kappa shape index (κ1) is 26.7. The third-order valence-electron chi connectivity index (χ3n) is 7.02. The normalized spacial score (nSPS) is 17.4. The molecule has 1 saturated carbocycles. The summed E-state index contributed by atoms with van der Waals surface area (Å²) in [6.07, 6.45) is 4.11. The Labute approximate surface area is 217 Å². The highest BCUT2D eigenvalue weighted by Gasteiger charge is 2.41. The number of amides is 3. The fourth-order valence-electron chi connectivity index (χ4n) is 5.05. The van der Waals surface area contributed by atoms with Gasteiger partial charge in [-0.15, -0.1) is 0 Å². The van der Waals surface area contributed by atoms with E-state index >= 15 is 0 Å². The van der Waals surface area contributed by atoms with E-state index in [0.717, 1.165) is 35.6 Å². The van der Waals surface area contributed by atoms with Crippen molar-refractivity contribution in [3.63, 3.8) is 0 Å². The van der Waals surface area contributed by atoms with Crippen molar-refractivity contribution < 1.29 is 27.5 Å². The first-order valence-electron chi connectivity index (χ1n) is 12.6. The lowest BCUT2D eigenvalue weighted by Gasteiger charge is -2.32. The molecule has 0 unspecified atom stereocenters. The Bertz CT molecular complexity index is 1270. The number of sulfonamides is 1. The Hall–Kier alpha value is -3.40. The molecule has 1 atom stereocenters. The fourth-order valence-corrected chi connectivity index (χ4v) is 6.62. The Morgan fingerprint density at radius 2 is 1.86 bits per heavy atom. The van der Waals surface area contributed by atoms with Gasteiger partial charge in [-0.2, -0.15) is 0 Å². The SMILES string of the molecule is CC[C@H](C(=O)NC1CCCC1)N(Cc1cccc(OC)c1)C(=O)CCN1C(=O)c2ccccc2S1(=O)=O. The quantitative estimate of drug-likeness (QED) is 0.508. The van der Waals surface area contributed by atoms with E-state index in [2.05, 4.69) is 5.32 Å². The predicted octanol–water partition coefficient (Wildman–Crippen LogP) is 3.10. The van der Waals surface area contributed by atoms with Crippen LogP contribution in [0.25, 0.3) is 0 Å². The van der Waals surface area contributed by atoms with Crippen molar-refractivity contribution in [2.24, 2.45) is 0 Å². The van der Waals surface area contributed by atoms with Crippen LogP contribution in [0.3, 0.4) is 0 Å². The van der Waals surface area contributed by atoms with Gasteiger partial charge in [-0.05, 0) is 49.1 Å². The molecule has 1 N–H and O–H groups in total. The van der Waals surface area contributed by atoms with Crippen molar-refractivity contribution >= 4 is 27.7 Å². The van der Waals surface area contributed by atoms with Gasteiger partial charge in [0.2, 0.25) is 11.8 Å². The molecule has 1 heterocycles. The van der Waals surface area contributed by atoms with Crippen LogP contribution in [0.5, 0.6) is 5.75 Å². The maximum Gasteiger partial charge on any atom is 0.269 e. The minimum atomic E-state index is -4.03. The van der Waals surface area contributed by atoms with E-state index in [4.69, 9.17) is 4.74 Å². The molecule has 37 heavy (non-hydrogen) atoms. The molecule has 1 fully saturated rings. The van der Waals surface area contributed by atoms with Gasteiger partial charge in [0, 0.05) is 25.6 Å². The molecule has 1 aliphatic heterocycles. The molecular formula is C27H33N3O6S. The summed E-state index contributed by atoms with van der Waals surface area (Å²) in [5.41, 5.74) is 0.877. The molecule has 9 nitrogen and oxygen atoms in total. The molecular weight excluding hydrogens is 494 g/mol. The maximum atomic E-state index is 13.6. The Balaban J connectivity index is 1.54. The molecule has 2 aliphatic rings. The van der Waals surface area contributed by atoms with Crippen LogP contribution in [0, 0.1) is 0 Å². The van der Waals surface area contributed by atoms with E-state index in [1.165, 1.54) is 17.0 Å². The summed E-state index contributed by atoms with van der Waals surface area (Å²) in [5.74, 6) is -0.647. The van der Waals surface area contributed by atoms with E-state index in [1.807, 2.05) is 19.1 Å². The van der Waals surface area contributed by atoms with Crippen molar-refractivity contribution in [2.45, 2.75) is 69.0 Å². The molecule has 0 saturated heterocycles. The average molecular weight is 528 g/mol. The number of nitrogens with zero attached hydrogens (tertiary/aromatic N) is 2. The number of carbonyl (C=O) groups is 3. The smallest absolute Gasteiger partial charge is 0.269 e. The van der Waals surface area contributed by atoms with Gasteiger partial charge in [0.15, 0.2) is 0 Å². The summed E-state index contributed by atoms with van der Waals surface area (Å²) in [5, 5.41) is 3.08. The summed E-state index contributed by atoms with van der Waals surface area (Å²) in [4.78, 5) is 41.1. The summed E-state index contributed by atoms with van der Waals surface area (Å²) >= 11 is 0. The van der Waals surface area contributed by atoms with Crippen LogP contribution < -0.4 is 10.1 Å². The summed E-state index contributed by atoms with van der Waals surface area (Å²) in [6.45, 7) is 1.69. The molecule has 2 aromatic carbocycles. The lowest BCUT2D eigenvalue weighted by Crippen LogP contribution is -2.51. The van der Waals surface area contributed by atoms with Crippen LogP contribution in [0.4, 0.5) is 0 Å². The van der Waals surface area contributed by atoms with Crippen LogP contribution in [-0.2, 0) is 26.2 Å². The molecule has 0 radical (unpaired) electrons.